The number of likely N-dealkylation sites (tertiary alicyclic amines) is 1. The second-order valence-electron chi connectivity index (χ2n) is 7.91. The van der Waals surface area contributed by atoms with Crippen molar-refractivity contribution in [3.05, 3.63) is 66.2 Å². The first-order valence-corrected chi connectivity index (χ1v) is 10.6. The molecule has 0 unspecified atom stereocenters. The highest BCUT2D eigenvalue weighted by Gasteiger charge is 2.23. The van der Waals surface area contributed by atoms with Gasteiger partial charge in [-0.15, -0.1) is 10.2 Å². The van der Waals surface area contributed by atoms with Crippen molar-refractivity contribution in [3.63, 3.8) is 0 Å². The Morgan fingerprint density at radius 1 is 0.968 bits per heavy atom. The number of hydrogen-bond donors (Lipinski definition) is 0. The van der Waals surface area contributed by atoms with Gasteiger partial charge in [0, 0.05) is 30.4 Å². The second kappa shape index (κ2) is 9.64. The van der Waals surface area contributed by atoms with E-state index in [1.54, 1.807) is 26.9 Å². The Morgan fingerprint density at radius 3 is 2.16 bits per heavy atom. The average Bonchev–Trinajstić information content (AvgIpc) is 3.37. The van der Waals surface area contributed by atoms with Gasteiger partial charge in [-0.2, -0.15) is 0 Å². The minimum atomic E-state index is 0.103. The summed E-state index contributed by atoms with van der Waals surface area (Å²) in [5.74, 6) is 2.37. The summed E-state index contributed by atoms with van der Waals surface area (Å²) in [6.07, 6.45) is 7.44. The fourth-order valence-corrected chi connectivity index (χ4v) is 4.10. The molecule has 7 nitrogen and oxygen atoms in total. The number of nitrogens with zero attached hydrogens (tertiary/aromatic N) is 4. The summed E-state index contributed by atoms with van der Waals surface area (Å²) in [5, 5.41) is 7.63. The van der Waals surface area contributed by atoms with Crippen molar-refractivity contribution >= 4 is 5.91 Å². The van der Waals surface area contributed by atoms with Crippen LogP contribution in [0.2, 0.25) is 0 Å². The summed E-state index contributed by atoms with van der Waals surface area (Å²) < 4.78 is 12.6. The molecule has 1 aliphatic heterocycles. The van der Waals surface area contributed by atoms with Crippen LogP contribution in [0, 0.1) is 5.92 Å². The SMILES string of the molecule is COc1cc(CCC2CCN(C(=O)c3ccc(-n4cnnc4)cc3)CC2)cc(OC)c1. The molecule has 3 aromatic rings. The molecule has 0 radical (unpaired) electrons. The van der Waals surface area contributed by atoms with Crippen LogP contribution in [0.25, 0.3) is 5.69 Å². The molecule has 0 atom stereocenters. The molecule has 0 bridgehead atoms. The van der Waals surface area contributed by atoms with Gasteiger partial charge in [0.15, 0.2) is 0 Å². The van der Waals surface area contributed by atoms with Crippen molar-refractivity contribution in [2.24, 2.45) is 5.92 Å². The zero-order valence-electron chi connectivity index (χ0n) is 18.0. The average molecular weight is 421 g/mol. The third kappa shape index (κ3) is 5.05. The molecule has 0 aliphatic carbocycles. The van der Waals surface area contributed by atoms with E-state index < -0.39 is 0 Å². The van der Waals surface area contributed by atoms with Crippen LogP contribution in [0.3, 0.4) is 0 Å². The lowest BCUT2D eigenvalue weighted by molar-refractivity contribution is 0.0687. The van der Waals surface area contributed by atoms with Gasteiger partial charge in [0.05, 0.1) is 14.2 Å². The van der Waals surface area contributed by atoms with E-state index in [0.717, 1.165) is 61.5 Å². The smallest absolute Gasteiger partial charge is 0.253 e. The molecule has 2 heterocycles. The van der Waals surface area contributed by atoms with Crippen LogP contribution < -0.4 is 9.47 Å². The lowest BCUT2D eigenvalue weighted by Gasteiger charge is -2.32. The van der Waals surface area contributed by atoms with Crippen LogP contribution in [0.1, 0.15) is 35.2 Å². The highest BCUT2D eigenvalue weighted by atomic mass is 16.5. The van der Waals surface area contributed by atoms with E-state index >= 15 is 0 Å². The monoisotopic (exact) mass is 420 g/mol. The molecule has 4 rings (SSSR count). The third-order valence-corrected chi connectivity index (χ3v) is 5.99. The maximum Gasteiger partial charge on any atom is 0.253 e. The number of piperidine rings is 1. The van der Waals surface area contributed by atoms with Gasteiger partial charge in [-0.05, 0) is 73.6 Å². The minimum absolute atomic E-state index is 0.103. The molecule has 0 N–H and O–H groups in total. The molecule has 7 heteroatoms. The van der Waals surface area contributed by atoms with Crippen molar-refractivity contribution in [1.29, 1.82) is 0 Å². The number of hydrogen-bond acceptors (Lipinski definition) is 5. The first-order chi connectivity index (χ1) is 15.2. The number of carbonyl (C=O) groups excluding carboxylic acids is 1. The predicted molar refractivity (Wildman–Crippen MR) is 118 cm³/mol. The second-order valence-corrected chi connectivity index (χ2v) is 7.91. The number of aromatic nitrogens is 3. The standard InChI is InChI=1S/C24H28N4O3/c1-30-22-13-19(14-23(15-22)31-2)4-3-18-9-11-27(12-10-18)24(29)20-5-7-21(8-6-20)28-16-25-26-17-28/h5-8,13-18H,3-4,9-12H2,1-2H3. The fraction of sp³-hybridized carbons (Fsp3) is 0.375. The zero-order chi connectivity index (χ0) is 21.6. The molecule has 0 saturated carbocycles. The largest absolute Gasteiger partial charge is 0.497 e. The molecule has 162 valence electrons. The summed E-state index contributed by atoms with van der Waals surface area (Å²) >= 11 is 0. The van der Waals surface area contributed by atoms with Gasteiger partial charge in [-0.25, -0.2) is 0 Å². The fourth-order valence-electron chi connectivity index (χ4n) is 4.10. The summed E-state index contributed by atoms with van der Waals surface area (Å²) in [5.41, 5.74) is 2.89. The van der Waals surface area contributed by atoms with Crippen molar-refractivity contribution < 1.29 is 14.3 Å². The topological polar surface area (TPSA) is 69.5 Å². The molecule has 1 aromatic heterocycles. The summed E-state index contributed by atoms with van der Waals surface area (Å²) in [4.78, 5) is 14.9. The molecular formula is C24H28N4O3. The van der Waals surface area contributed by atoms with Crippen molar-refractivity contribution in [2.45, 2.75) is 25.7 Å². The number of rotatable bonds is 7. The van der Waals surface area contributed by atoms with E-state index in [2.05, 4.69) is 22.3 Å². The van der Waals surface area contributed by atoms with Crippen molar-refractivity contribution in [2.75, 3.05) is 27.3 Å². The number of aryl methyl sites for hydroxylation is 1. The summed E-state index contributed by atoms with van der Waals surface area (Å²) in [6, 6.07) is 13.6. The number of ether oxygens (including phenoxy) is 2. The maximum absolute atomic E-state index is 12.9. The summed E-state index contributed by atoms with van der Waals surface area (Å²) in [6.45, 7) is 1.61. The van der Waals surface area contributed by atoms with Crippen LogP contribution in [0.5, 0.6) is 11.5 Å². The molecule has 1 saturated heterocycles. The zero-order valence-corrected chi connectivity index (χ0v) is 18.0. The first kappa shape index (κ1) is 20.9. The van der Waals surface area contributed by atoms with Gasteiger partial charge in [0.2, 0.25) is 0 Å². The van der Waals surface area contributed by atoms with Gasteiger partial charge in [-0.3, -0.25) is 9.36 Å². The van der Waals surface area contributed by atoms with Crippen molar-refractivity contribution in [3.8, 4) is 17.2 Å². The normalized spacial score (nSPS) is 14.5. The number of benzene rings is 2. The first-order valence-electron chi connectivity index (χ1n) is 10.6. The molecule has 2 aromatic carbocycles. The van der Waals surface area contributed by atoms with E-state index in [9.17, 15) is 4.79 Å². The molecule has 1 fully saturated rings. The van der Waals surface area contributed by atoms with Crippen molar-refractivity contribution in [1.82, 2.24) is 19.7 Å². The Labute approximate surface area is 182 Å². The van der Waals surface area contributed by atoms with E-state index in [1.165, 1.54) is 5.56 Å². The van der Waals surface area contributed by atoms with Crippen LogP contribution in [-0.2, 0) is 6.42 Å². The van der Waals surface area contributed by atoms with Gasteiger partial charge in [0.25, 0.3) is 5.91 Å². The van der Waals surface area contributed by atoms with Crippen LogP contribution in [-0.4, -0.2) is 52.9 Å². The lowest BCUT2D eigenvalue weighted by atomic mass is 9.90. The molecule has 1 aliphatic rings. The Morgan fingerprint density at radius 2 is 1.58 bits per heavy atom. The lowest BCUT2D eigenvalue weighted by Crippen LogP contribution is -2.38. The predicted octanol–water partition coefficient (Wildman–Crippen LogP) is 3.77. The van der Waals surface area contributed by atoms with E-state index in [4.69, 9.17) is 9.47 Å². The Balaban J connectivity index is 1.29. The van der Waals surface area contributed by atoms with E-state index in [0.29, 0.717) is 5.92 Å². The van der Waals surface area contributed by atoms with Gasteiger partial charge >= 0.3 is 0 Å². The molecule has 31 heavy (non-hydrogen) atoms. The van der Waals surface area contributed by atoms with Gasteiger partial charge in [-0.1, -0.05) is 0 Å². The molecule has 0 spiro atoms. The van der Waals surface area contributed by atoms with Gasteiger partial charge < -0.3 is 14.4 Å². The van der Waals surface area contributed by atoms with Gasteiger partial charge in [0.1, 0.15) is 24.2 Å². The third-order valence-electron chi connectivity index (χ3n) is 5.99. The minimum Gasteiger partial charge on any atom is -0.497 e. The summed E-state index contributed by atoms with van der Waals surface area (Å²) in [7, 11) is 3.35. The highest BCUT2D eigenvalue weighted by molar-refractivity contribution is 5.94. The van der Waals surface area contributed by atoms with Crippen LogP contribution in [0.15, 0.2) is 55.1 Å². The molecular weight excluding hydrogens is 392 g/mol. The number of carbonyl (C=O) groups is 1. The number of methoxy groups -OCH3 is 2. The molecule has 1 amide bonds. The Hall–Kier alpha value is -3.35. The van der Waals surface area contributed by atoms with Crippen LogP contribution in [0.4, 0.5) is 0 Å². The van der Waals surface area contributed by atoms with E-state index in [-0.39, 0.29) is 5.91 Å². The highest BCUT2D eigenvalue weighted by Crippen LogP contribution is 2.27. The number of amides is 1. The maximum atomic E-state index is 12.9. The van der Waals surface area contributed by atoms with Crippen LogP contribution >= 0.6 is 0 Å². The quantitative estimate of drug-likeness (QED) is 0.582. The Kier molecular flexibility index (Phi) is 6.50. The Bertz CT molecular complexity index is 972. The van der Waals surface area contributed by atoms with E-state index in [1.807, 2.05) is 39.8 Å².